The van der Waals surface area contributed by atoms with Gasteiger partial charge in [-0.2, -0.15) is 0 Å². The van der Waals surface area contributed by atoms with Crippen molar-refractivity contribution in [2.24, 2.45) is 51.8 Å². The van der Waals surface area contributed by atoms with E-state index in [4.69, 9.17) is 0 Å². The van der Waals surface area contributed by atoms with E-state index in [9.17, 15) is 4.79 Å². The summed E-state index contributed by atoms with van der Waals surface area (Å²) in [6.45, 7) is 21.7. The van der Waals surface area contributed by atoms with Crippen LogP contribution in [0.1, 0.15) is 209 Å². The first-order valence-electron chi connectivity index (χ1n) is 22.0. The first kappa shape index (κ1) is 40.7. The number of hydrogen-bond donors (Lipinski definition) is 1. The van der Waals surface area contributed by atoms with Gasteiger partial charge in [0.05, 0.1) is 0 Å². The van der Waals surface area contributed by atoms with Gasteiger partial charge in [0, 0.05) is 12.5 Å². The Morgan fingerprint density at radius 1 is 0.776 bits per heavy atom. The fourth-order valence-corrected chi connectivity index (χ4v) is 12.0. The lowest BCUT2D eigenvalue weighted by Gasteiger charge is -2.61. The van der Waals surface area contributed by atoms with Gasteiger partial charge in [-0.05, 0) is 154 Å². The summed E-state index contributed by atoms with van der Waals surface area (Å²) in [7, 11) is 0. The van der Waals surface area contributed by atoms with Crippen molar-refractivity contribution < 1.29 is 4.79 Å². The van der Waals surface area contributed by atoms with Crippen LogP contribution in [0.3, 0.4) is 0 Å². The van der Waals surface area contributed by atoms with Gasteiger partial charge >= 0.3 is 0 Å². The van der Waals surface area contributed by atoms with Crippen LogP contribution in [-0.4, -0.2) is 11.9 Å². The Kier molecular flexibility index (Phi) is 15.9. The van der Waals surface area contributed by atoms with Crippen LogP contribution in [-0.2, 0) is 4.79 Å². The highest BCUT2D eigenvalue weighted by Gasteiger charge is 2.60. The second-order valence-electron chi connectivity index (χ2n) is 19.6. The number of rotatable bonds is 20. The van der Waals surface area contributed by atoms with Crippen LogP contribution >= 0.6 is 0 Å². The van der Waals surface area contributed by atoms with Crippen molar-refractivity contribution in [2.75, 3.05) is 0 Å². The van der Waals surface area contributed by atoms with E-state index in [1.165, 1.54) is 153 Å². The van der Waals surface area contributed by atoms with Gasteiger partial charge in [-0.15, -0.1) is 0 Å². The number of unbranched alkanes of at least 4 members (excludes halogenated alkanes) is 11. The van der Waals surface area contributed by atoms with Crippen molar-refractivity contribution in [3.8, 4) is 0 Å². The molecule has 4 saturated carbocycles. The van der Waals surface area contributed by atoms with E-state index in [0.29, 0.717) is 22.8 Å². The maximum absolute atomic E-state index is 13.0. The summed E-state index contributed by atoms with van der Waals surface area (Å²) < 4.78 is 0. The van der Waals surface area contributed by atoms with Crippen LogP contribution in [0.2, 0.25) is 0 Å². The summed E-state index contributed by atoms with van der Waals surface area (Å²) in [4.78, 5) is 13.0. The molecule has 0 aromatic carbocycles. The van der Waals surface area contributed by atoms with E-state index in [-0.39, 0.29) is 5.41 Å². The van der Waals surface area contributed by atoms with E-state index in [1.807, 2.05) is 0 Å². The number of hydrogen-bond acceptors (Lipinski definition) is 1. The Morgan fingerprint density at radius 3 is 2.06 bits per heavy atom. The van der Waals surface area contributed by atoms with Crippen molar-refractivity contribution in [2.45, 2.75) is 215 Å². The van der Waals surface area contributed by atoms with Gasteiger partial charge in [-0.3, -0.25) is 4.79 Å². The van der Waals surface area contributed by atoms with Gasteiger partial charge < -0.3 is 5.32 Å². The molecule has 4 rings (SSSR count). The molecule has 4 aliphatic carbocycles. The Balaban J connectivity index is 1.11. The molecule has 282 valence electrons. The number of fused-ring (bicyclic) bond motifs is 5. The van der Waals surface area contributed by atoms with Gasteiger partial charge in [0.25, 0.3) is 0 Å². The van der Waals surface area contributed by atoms with E-state index < -0.39 is 0 Å². The molecule has 0 heterocycles. The van der Waals surface area contributed by atoms with Crippen molar-refractivity contribution in [1.82, 2.24) is 5.32 Å². The van der Waals surface area contributed by atoms with E-state index in [2.05, 4.69) is 72.5 Å². The van der Waals surface area contributed by atoms with Crippen molar-refractivity contribution in [1.29, 1.82) is 0 Å². The molecule has 4 aliphatic rings. The summed E-state index contributed by atoms with van der Waals surface area (Å²) in [5.74, 6) is 5.61. The molecule has 0 aliphatic heterocycles. The lowest BCUT2D eigenvalue weighted by Crippen LogP contribution is -2.55. The molecule has 0 aromatic rings. The van der Waals surface area contributed by atoms with Crippen LogP contribution < -0.4 is 5.32 Å². The predicted molar refractivity (Wildman–Crippen MR) is 214 cm³/mol. The largest absolute Gasteiger partial charge is 0.353 e. The molecule has 0 radical (unpaired) electrons. The molecule has 2 nitrogen and oxygen atoms in total. The molecule has 1 amide bonds. The highest BCUT2D eigenvalue weighted by Crippen LogP contribution is 2.68. The van der Waals surface area contributed by atoms with Crippen molar-refractivity contribution in [3.63, 3.8) is 0 Å². The summed E-state index contributed by atoms with van der Waals surface area (Å²) >= 11 is 0. The smallest absolute Gasteiger partial charge is 0.220 e. The van der Waals surface area contributed by atoms with Gasteiger partial charge in [0.15, 0.2) is 0 Å². The second kappa shape index (κ2) is 19.1. The zero-order valence-corrected chi connectivity index (χ0v) is 34.0. The van der Waals surface area contributed by atoms with Crippen LogP contribution in [0.15, 0.2) is 24.3 Å². The zero-order chi connectivity index (χ0) is 35.5. The molecule has 2 heteroatoms. The molecule has 0 bridgehead atoms. The maximum atomic E-state index is 13.0. The minimum Gasteiger partial charge on any atom is -0.353 e. The average Bonchev–Trinajstić information content (AvgIpc) is 3.42. The van der Waals surface area contributed by atoms with Crippen LogP contribution in [0, 0.1) is 51.8 Å². The molecule has 9 atom stereocenters. The van der Waals surface area contributed by atoms with Crippen molar-refractivity contribution in [3.05, 3.63) is 24.3 Å². The van der Waals surface area contributed by atoms with Crippen LogP contribution in [0.4, 0.5) is 0 Å². The number of carbonyl (C=O) groups is 1. The van der Waals surface area contributed by atoms with Gasteiger partial charge in [-0.25, -0.2) is 0 Å². The lowest BCUT2D eigenvalue weighted by atomic mass is 9.44. The SMILES string of the molecule is C=C(CC[C@@H](C)[C@H]1CCC2C3CCC4CC(NC(=O)CCCCCCC/C=C\CCCCCCCC)CC[C@]4(C)C3CC[C@@]21C)C(C)(C)C. The van der Waals surface area contributed by atoms with Crippen LogP contribution in [0.25, 0.3) is 0 Å². The highest BCUT2D eigenvalue weighted by molar-refractivity contribution is 5.76. The molecule has 0 spiro atoms. The minimum absolute atomic E-state index is 0.236. The average molecular weight is 678 g/mol. The Bertz CT molecular complexity index is 1040. The maximum Gasteiger partial charge on any atom is 0.220 e. The van der Waals surface area contributed by atoms with Crippen LogP contribution in [0.5, 0.6) is 0 Å². The fraction of sp³-hybridized carbons (Fsp3) is 0.894. The minimum atomic E-state index is 0.236. The molecule has 4 fully saturated rings. The Morgan fingerprint density at radius 2 is 1.39 bits per heavy atom. The quantitative estimate of drug-likeness (QED) is 0.101. The lowest BCUT2D eigenvalue weighted by molar-refractivity contribution is -0.128. The van der Waals surface area contributed by atoms with E-state index in [1.54, 1.807) is 0 Å². The topological polar surface area (TPSA) is 29.1 Å². The number of nitrogens with one attached hydrogen (secondary N) is 1. The zero-order valence-electron chi connectivity index (χ0n) is 34.0. The molecule has 5 unspecified atom stereocenters. The molecule has 0 aromatic heterocycles. The third-order valence-corrected chi connectivity index (χ3v) is 15.4. The van der Waals surface area contributed by atoms with Crippen molar-refractivity contribution >= 4 is 5.91 Å². The number of allylic oxidation sites excluding steroid dienone is 3. The number of amides is 1. The van der Waals surface area contributed by atoms with E-state index >= 15 is 0 Å². The Labute approximate surface area is 306 Å². The summed E-state index contributed by atoms with van der Waals surface area (Å²) in [6, 6.07) is 0.415. The number of carbonyl (C=O) groups excluding carboxylic acids is 1. The first-order chi connectivity index (χ1) is 23.4. The second-order valence-corrected chi connectivity index (χ2v) is 19.6. The molecule has 1 N–H and O–H groups in total. The molecule has 49 heavy (non-hydrogen) atoms. The highest BCUT2D eigenvalue weighted by atomic mass is 16.1. The van der Waals surface area contributed by atoms with Gasteiger partial charge in [0.1, 0.15) is 0 Å². The molecule has 0 saturated heterocycles. The normalized spacial score (nSPS) is 33.5. The Hall–Kier alpha value is -1.05. The third-order valence-electron chi connectivity index (χ3n) is 15.4. The van der Waals surface area contributed by atoms with E-state index in [0.717, 1.165) is 48.3 Å². The van der Waals surface area contributed by atoms with Gasteiger partial charge in [0.2, 0.25) is 5.91 Å². The predicted octanol–water partition coefficient (Wildman–Crippen LogP) is 14.2. The standard InChI is InChI=1S/C47H83NO/c1-9-10-11-12-13-14-15-16-17-18-19-20-21-22-23-24-44(49)48-39-31-33-46(7)38(35-39)27-28-40-42-30-29-41(47(42,8)34-32-43(40)46)36(2)25-26-37(3)45(4,5)6/h16-17,36,38-43H,3,9-15,18-35H2,1-2,4-8H3,(H,48,49)/b17-16-/t36-,38?,39?,40?,41-,42?,43?,46+,47-/m1/s1. The monoisotopic (exact) mass is 678 g/mol. The summed E-state index contributed by atoms with van der Waals surface area (Å²) in [5, 5.41) is 3.53. The van der Waals surface area contributed by atoms with Gasteiger partial charge in [-0.1, -0.05) is 124 Å². The fourth-order valence-electron chi connectivity index (χ4n) is 12.0. The molecular formula is C47H83NO. The summed E-state index contributed by atoms with van der Waals surface area (Å²) in [6.07, 6.45) is 37.5. The first-order valence-corrected chi connectivity index (χ1v) is 22.0. The molecular weight excluding hydrogens is 595 g/mol. The summed E-state index contributed by atoms with van der Waals surface area (Å²) in [5.41, 5.74) is 2.70. The third kappa shape index (κ3) is 11.0.